The fraction of sp³-hybridized carbons (Fsp3) is 0.655. The van der Waals surface area contributed by atoms with Gasteiger partial charge in [-0.2, -0.15) is 0 Å². The summed E-state index contributed by atoms with van der Waals surface area (Å²) in [5.74, 6) is -4.18. The minimum atomic E-state index is -1.37. The average Bonchev–Trinajstić information content (AvgIpc) is 3.44. The Bertz CT molecular complexity index is 1100. The van der Waals surface area contributed by atoms with Crippen molar-refractivity contribution in [3.05, 3.63) is 23.5 Å². The largest absolute Gasteiger partial charge is 0.463 e. The molecule has 1 saturated carbocycles. The molecular formula is C29H40N2O9. The Hall–Kier alpha value is -3.50. The van der Waals surface area contributed by atoms with Crippen LogP contribution in [0.25, 0.3) is 0 Å². The van der Waals surface area contributed by atoms with Crippen molar-refractivity contribution in [1.29, 1.82) is 0 Å². The van der Waals surface area contributed by atoms with E-state index in [4.69, 9.17) is 18.9 Å². The zero-order valence-corrected chi connectivity index (χ0v) is 23.9. The maximum absolute atomic E-state index is 13.2. The van der Waals surface area contributed by atoms with E-state index in [0.717, 1.165) is 19.3 Å². The molecule has 1 aromatic rings. The summed E-state index contributed by atoms with van der Waals surface area (Å²) in [6.07, 6.45) is 5.13. The SMILES string of the molecule is CCC1C(=O)OCC(NC(=O)c2nccc(C)c2OC(=O)CCC2CCCC2)C(=O)OC(C)C1OC(=O)C(C)C. The van der Waals surface area contributed by atoms with Crippen molar-refractivity contribution < 1.29 is 42.9 Å². The highest BCUT2D eigenvalue weighted by molar-refractivity contribution is 5.98. The van der Waals surface area contributed by atoms with E-state index in [0.29, 0.717) is 11.5 Å². The number of amides is 1. The number of aryl methyl sites for hydroxylation is 1. The smallest absolute Gasteiger partial charge is 0.332 e. The van der Waals surface area contributed by atoms with E-state index in [-0.39, 0.29) is 24.3 Å². The molecule has 1 aliphatic carbocycles. The van der Waals surface area contributed by atoms with Crippen LogP contribution < -0.4 is 10.1 Å². The fourth-order valence-electron chi connectivity index (χ4n) is 4.93. The lowest BCUT2D eigenvalue weighted by Gasteiger charge is -2.29. The summed E-state index contributed by atoms with van der Waals surface area (Å²) in [5, 5.41) is 2.49. The molecule has 11 nitrogen and oxygen atoms in total. The Morgan fingerprint density at radius 3 is 2.50 bits per heavy atom. The Kier molecular flexibility index (Phi) is 11.0. The second-order valence-electron chi connectivity index (χ2n) is 10.8. The standard InChI is InChI=1S/C29H40N2O9/c1-6-20-25(40-27(34)16(2)3)18(5)38-29(36)21(15-37-28(20)35)31-26(33)23-24(17(4)13-14-30-23)39-22(32)12-11-19-9-7-8-10-19/h13-14,16,18-21,25H,6-12,15H2,1-5H3,(H,31,33). The van der Waals surface area contributed by atoms with Crippen molar-refractivity contribution in [3.63, 3.8) is 0 Å². The molecule has 220 valence electrons. The molecule has 40 heavy (non-hydrogen) atoms. The lowest BCUT2D eigenvalue weighted by molar-refractivity contribution is -0.176. The molecule has 4 atom stereocenters. The van der Waals surface area contributed by atoms with Crippen molar-refractivity contribution in [3.8, 4) is 5.75 Å². The van der Waals surface area contributed by atoms with Crippen LogP contribution in [0.2, 0.25) is 0 Å². The summed E-state index contributed by atoms with van der Waals surface area (Å²) < 4.78 is 22.0. The third-order valence-corrected chi connectivity index (χ3v) is 7.37. The van der Waals surface area contributed by atoms with Crippen LogP contribution in [0.3, 0.4) is 0 Å². The summed E-state index contributed by atoms with van der Waals surface area (Å²) in [4.78, 5) is 68.1. The third kappa shape index (κ3) is 8.02. The quantitative estimate of drug-likeness (QED) is 0.352. The number of carbonyl (C=O) groups is 5. The molecule has 0 radical (unpaired) electrons. The number of cyclic esters (lactones) is 2. The van der Waals surface area contributed by atoms with Gasteiger partial charge in [0, 0.05) is 12.6 Å². The highest BCUT2D eigenvalue weighted by atomic mass is 16.6. The van der Waals surface area contributed by atoms with E-state index in [9.17, 15) is 24.0 Å². The first-order valence-electron chi connectivity index (χ1n) is 14.1. The normalized spacial score (nSPS) is 23.9. The van der Waals surface area contributed by atoms with Crippen LogP contribution in [0, 0.1) is 24.7 Å². The highest BCUT2D eigenvalue weighted by Gasteiger charge is 2.41. The van der Waals surface area contributed by atoms with E-state index >= 15 is 0 Å². The van der Waals surface area contributed by atoms with Crippen molar-refractivity contribution in [2.75, 3.05) is 6.61 Å². The summed E-state index contributed by atoms with van der Waals surface area (Å²) in [7, 11) is 0. The third-order valence-electron chi connectivity index (χ3n) is 7.37. The molecular weight excluding hydrogens is 520 g/mol. The Balaban J connectivity index is 1.74. The molecule has 4 unspecified atom stereocenters. The van der Waals surface area contributed by atoms with Gasteiger partial charge in [-0.1, -0.05) is 46.5 Å². The van der Waals surface area contributed by atoms with Gasteiger partial charge in [0.25, 0.3) is 5.91 Å². The van der Waals surface area contributed by atoms with E-state index < -0.39 is 66.5 Å². The first-order valence-corrected chi connectivity index (χ1v) is 14.1. The van der Waals surface area contributed by atoms with Crippen LogP contribution in [0.1, 0.15) is 88.7 Å². The second kappa shape index (κ2) is 14.2. The first kappa shape index (κ1) is 31.0. The van der Waals surface area contributed by atoms with E-state index in [1.54, 1.807) is 33.8 Å². The summed E-state index contributed by atoms with van der Waals surface area (Å²) in [5.41, 5.74) is 0.337. The predicted octanol–water partition coefficient (Wildman–Crippen LogP) is 3.45. The zero-order valence-electron chi connectivity index (χ0n) is 23.9. The number of aromatic nitrogens is 1. The minimum absolute atomic E-state index is 0.00456. The number of nitrogens with zero attached hydrogens (tertiary/aromatic N) is 1. The van der Waals surface area contributed by atoms with Crippen molar-refractivity contribution in [2.24, 2.45) is 17.8 Å². The molecule has 0 bridgehead atoms. The number of ether oxygens (including phenoxy) is 4. The van der Waals surface area contributed by atoms with Gasteiger partial charge in [0.05, 0.1) is 11.8 Å². The molecule has 0 aromatic carbocycles. The van der Waals surface area contributed by atoms with Gasteiger partial charge in [-0.15, -0.1) is 0 Å². The number of hydrogen-bond acceptors (Lipinski definition) is 10. The molecule has 2 fully saturated rings. The maximum Gasteiger partial charge on any atom is 0.332 e. The van der Waals surface area contributed by atoms with Crippen LogP contribution in [0.5, 0.6) is 5.75 Å². The second-order valence-corrected chi connectivity index (χ2v) is 10.8. The number of hydrogen-bond donors (Lipinski definition) is 1. The van der Waals surface area contributed by atoms with Gasteiger partial charge in [-0.05, 0) is 44.2 Å². The lowest BCUT2D eigenvalue weighted by Crippen LogP contribution is -2.47. The summed E-state index contributed by atoms with van der Waals surface area (Å²) in [6, 6.07) is 0.238. The van der Waals surface area contributed by atoms with Gasteiger partial charge < -0.3 is 24.3 Å². The number of esters is 4. The topological polar surface area (TPSA) is 147 Å². The molecule has 11 heteroatoms. The highest BCUT2D eigenvalue weighted by Crippen LogP contribution is 2.29. The van der Waals surface area contributed by atoms with Crippen molar-refractivity contribution >= 4 is 29.8 Å². The first-order chi connectivity index (χ1) is 19.0. The van der Waals surface area contributed by atoms with E-state index in [2.05, 4.69) is 10.3 Å². The fourth-order valence-corrected chi connectivity index (χ4v) is 4.93. The lowest BCUT2D eigenvalue weighted by atomic mass is 9.95. The summed E-state index contributed by atoms with van der Waals surface area (Å²) in [6.45, 7) is 7.73. The Morgan fingerprint density at radius 2 is 1.85 bits per heavy atom. The molecule has 2 heterocycles. The number of pyridine rings is 1. The van der Waals surface area contributed by atoms with Gasteiger partial charge in [0.15, 0.2) is 23.6 Å². The van der Waals surface area contributed by atoms with Gasteiger partial charge >= 0.3 is 23.9 Å². The Morgan fingerprint density at radius 1 is 1.15 bits per heavy atom. The average molecular weight is 561 g/mol. The summed E-state index contributed by atoms with van der Waals surface area (Å²) >= 11 is 0. The van der Waals surface area contributed by atoms with Gasteiger partial charge in [0.2, 0.25) is 0 Å². The maximum atomic E-state index is 13.2. The molecule has 2 aliphatic rings. The van der Waals surface area contributed by atoms with Crippen LogP contribution in [0.4, 0.5) is 0 Å². The predicted molar refractivity (Wildman–Crippen MR) is 142 cm³/mol. The molecule has 3 rings (SSSR count). The number of rotatable bonds is 9. The molecule has 0 spiro atoms. The van der Waals surface area contributed by atoms with E-state index in [1.807, 2.05) is 0 Å². The minimum Gasteiger partial charge on any atom is -0.463 e. The number of nitrogens with one attached hydrogen (secondary N) is 1. The molecule has 1 aromatic heterocycles. The molecule has 1 saturated heterocycles. The van der Waals surface area contributed by atoms with Crippen LogP contribution in [-0.2, 0) is 33.4 Å². The van der Waals surface area contributed by atoms with Gasteiger partial charge in [-0.3, -0.25) is 19.2 Å². The zero-order chi connectivity index (χ0) is 29.4. The molecule has 1 amide bonds. The molecule has 1 aliphatic heterocycles. The van der Waals surface area contributed by atoms with Crippen molar-refractivity contribution in [2.45, 2.75) is 97.8 Å². The van der Waals surface area contributed by atoms with Gasteiger partial charge in [0.1, 0.15) is 12.7 Å². The Labute approximate surface area is 234 Å². The van der Waals surface area contributed by atoms with E-state index in [1.165, 1.54) is 26.0 Å². The molecule has 1 N–H and O–H groups in total. The van der Waals surface area contributed by atoms with Crippen molar-refractivity contribution in [1.82, 2.24) is 10.3 Å². The monoisotopic (exact) mass is 560 g/mol. The number of carbonyl (C=O) groups excluding carboxylic acids is 5. The van der Waals surface area contributed by atoms with Crippen LogP contribution in [-0.4, -0.2) is 59.6 Å². The van der Waals surface area contributed by atoms with Crippen LogP contribution in [0.15, 0.2) is 12.3 Å². The van der Waals surface area contributed by atoms with Gasteiger partial charge in [-0.25, -0.2) is 9.78 Å². The van der Waals surface area contributed by atoms with Crippen LogP contribution >= 0.6 is 0 Å².